The van der Waals surface area contributed by atoms with Gasteiger partial charge in [-0.1, -0.05) is 6.08 Å². The first-order valence-electron chi connectivity index (χ1n) is 5.83. The number of hydrogen-bond acceptors (Lipinski definition) is 2. The Morgan fingerprint density at radius 3 is 2.55 bits per heavy atom. The van der Waals surface area contributed by atoms with Gasteiger partial charge in [-0.3, -0.25) is 4.79 Å². The van der Waals surface area contributed by atoms with Crippen LogP contribution in [-0.4, -0.2) is 35.2 Å². The second kappa shape index (κ2) is 5.15. The zero-order valence-electron chi connectivity index (χ0n) is 10.2. The Kier molecular flexibility index (Phi) is 3.69. The summed E-state index contributed by atoms with van der Waals surface area (Å²) in [6.45, 7) is -0.343. The number of carbonyl (C=O) groups is 1. The van der Waals surface area contributed by atoms with Gasteiger partial charge in [0.15, 0.2) is 0 Å². The Morgan fingerprint density at radius 1 is 1.30 bits per heavy atom. The van der Waals surface area contributed by atoms with Crippen molar-refractivity contribution in [2.24, 2.45) is 0 Å². The molecule has 108 valence electrons. The molecule has 1 aromatic rings. The number of phenolic OH excluding ortho intramolecular Hbond substituents is 1. The highest BCUT2D eigenvalue weighted by Crippen LogP contribution is 2.31. The van der Waals surface area contributed by atoms with E-state index in [0.717, 1.165) is 29.2 Å². The van der Waals surface area contributed by atoms with Crippen molar-refractivity contribution < 1.29 is 27.5 Å². The highest BCUT2D eigenvalue weighted by Gasteiger charge is 2.35. The molecule has 7 heteroatoms. The first-order chi connectivity index (χ1) is 9.29. The van der Waals surface area contributed by atoms with Gasteiger partial charge in [0.2, 0.25) is 0 Å². The minimum absolute atomic E-state index is 0.125. The van der Waals surface area contributed by atoms with Gasteiger partial charge in [0.1, 0.15) is 11.6 Å². The molecular formula is C13H11F4NO2. The summed E-state index contributed by atoms with van der Waals surface area (Å²) >= 11 is 0. The molecule has 2 rings (SSSR count). The summed E-state index contributed by atoms with van der Waals surface area (Å²) in [6.07, 6.45) is -3.78. The third kappa shape index (κ3) is 2.92. The van der Waals surface area contributed by atoms with Crippen LogP contribution in [0.5, 0.6) is 5.75 Å². The van der Waals surface area contributed by atoms with E-state index >= 15 is 0 Å². The number of hydrogen-bond donors (Lipinski definition) is 1. The quantitative estimate of drug-likeness (QED) is 0.638. The van der Waals surface area contributed by atoms with E-state index in [0.29, 0.717) is 0 Å². The van der Waals surface area contributed by atoms with Crippen LogP contribution in [0.15, 0.2) is 29.8 Å². The van der Waals surface area contributed by atoms with Crippen molar-refractivity contribution >= 4 is 5.91 Å². The van der Waals surface area contributed by atoms with Crippen LogP contribution in [0.25, 0.3) is 0 Å². The molecule has 1 heterocycles. The minimum atomic E-state index is -4.39. The number of nitrogens with zero attached hydrogens (tertiary/aromatic N) is 1. The third-order valence-electron chi connectivity index (χ3n) is 3.05. The summed E-state index contributed by atoms with van der Waals surface area (Å²) in [4.78, 5) is 13.1. The standard InChI is InChI=1S/C13H11F4NO2/c14-9-1-2-11(19)10(7-9)12(20)18-5-3-8(4-6-18)13(15,16)17/h1-3,7,19H,4-6H2. The highest BCUT2D eigenvalue weighted by molar-refractivity contribution is 5.97. The summed E-state index contributed by atoms with van der Waals surface area (Å²) in [7, 11) is 0. The lowest BCUT2D eigenvalue weighted by atomic mass is 10.1. The summed E-state index contributed by atoms with van der Waals surface area (Å²) in [6, 6.07) is 2.88. The van der Waals surface area contributed by atoms with E-state index < -0.39 is 29.2 Å². The van der Waals surface area contributed by atoms with Crippen LogP contribution in [0.3, 0.4) is 0 Å². The molecule has 0 saturated carbocycles. The molecular weight excluding hydrogens is 278 g/mol. The molecule has 1 N–H and O–H groups in total. The minimum Gasteiger partial charge on any atom is -0.507 e. The summed E-state index contributed by atoms with van der Waals surface area (Å²) in [5.41, 5.74) is -0.932. The van der Waals surface area contributed by atoms with Gasteiger partial charge >= 0.3 is 6.18 Å². The number of rotatable bonds is 1. The normalized spacial score (nSPS) is 16.0. The van der Waals surface area contributed by atoms with E-state index in [1.165, 1.54) is 0 Å². The zero-order valence-corrected chi connectivity index (χ0v) is 10.2. The Balaban J connectivity index is 2.17. The molecule has 0 radical (unpaired) electrons. The topological polar surface area (TPSA) is 40.5 Å². The van der Waals surface area contributed by atoms with Crippen LogP contribution >= 0.6 is 0 Å². The van der Waals surface area contributed by atoms with Crippen molar-refractivity contribution in [2.45, 2.75) is 12.6 Å². The SMILES string of the molecule is O=C(c1cc(F)ccc1O)N1CC=C(C(F)(F)F)CC1. The lowest BCUT2D eigenvalue weighted by Gasteiger charge is -2.27. The summed E-state index contributed by atoms with van der Waals surface area (Å²) < 4.78 is 50.4. The van der Waals surface area contributed by atoms with E-state index in [2.05, 4.69) is 0 Å². The lowest BCUT2D eigenvalue weighted by Crippen LogP contribution is -2.36. The van der Waals surface area contributed by atoms with E-state index in [1.807, 2.05) is 0 Å². The van der Waals surface area contributed by atoms with Crippen LogP contribution in [-0.2, 0) is 0 Å². The van der Waals surface area contributed by atoms with Gasteiger partial charge in [-0.05, 0) is 24.6 Å². The third-order valence-corrected chi connectivity index (χ3v) is 3.05. The van der Waals surface area contributed by atoms with Gasteiger partial charge in [-0.25, -0.2) is 4.39 Å². The van der Waals surface area contributed by atoms with Crippen LogP contribution in [0.2, 0.25) is 0 Å². The Morgan fingerprint density at radius 2 is 2.00 bits per heavy atom. The van der Waals surface area contributed by atoms with Crippen molar-refractivity contribution in [3.63, 3.8) is 0 Å². The van der Waals surface area contributed by atoms with Gasteiger partial charge in [-0.15, -0.1) is 0 Å². The molecule has 0 atom stereocenters. The maximum Gasteiger partial charge on any atom is 0.412 e. The largest absolute Gasteiger partial charge is 0.507 e. The molecule has 1 aromatic carbocycles. The number of phenols is 1. The van der Waals surface area contributed by atoms with E-state index in [4.69, 9.17) is 0 Å². The smallest absolute Gasteiger partial charge is 0.412 e. The number of alkyl halides is 3. The first kappa shape index (κ1) is 14.4. The van der Waals surface area contributed by atoms with E-state index in [9.17, 15) is 27.5 Å². The average molecular weight is 289 g/mol. The molecule has 0 fully saturated rings. The predicted octanol–water partition coefficient (Wildman–Crippen LogP) is 2.87. The summed E-state index contributed by atoms with van der Waals surface area (Å²) in [5.74, 6) is -1.80. The van der Waals surface area contributed by atoms with E-state index in [-0.39, 0.29) is 25.1 Å². The van der Waals surface area contributed by atoms with Crippen molar-refractivity contribution in [3.05, 3.63) is 41.2 Å². The molecule has 0 bridgehead atoms. The fourth-order valence-corrected chi connectivity index (χ4v) is 1.96. The maximum absolute atomic E-state index is 13.1. The van der Waals surface area contributed by atoms with Crippen LogP contribution in [0.1, 0.15) is 16.8 Å². The maximum atomic E-state index is 13.1. The van der Waals surface area contributed by atoms with Crippen LogP contribution in [0, 0.1) is 5.82 Å². The number of halogens is 4. The van der Waals surface area contributed by atoms with Gasteiger partial charge in [-0.2, -0.15) is 13.2 Å². The number of carbonyl (C=O) groups excluding carboxylic acids is 1. The van der Waals surface area contributed by atoms with Crippen LogP contribution in [0.4, 0.5) is 17.6 Å². The zero-order chi connectivity index (χ0) is 14.9. The molecule has 0 aromatic heterocycles. The number of amides is 1. The fraction of sp³-hybridized carbons (Fsp3) is 0.308. The van der Waals surface area contributed by atoms with Gasteiger partial charge in [0.25, 0.3) is 5.91 Å². The molecule has 0 spiro atoms. The monoisotopic (exact) mass is 289 g/mol. The second-order valence-corrected chi connectivity index (χ2v) is 4.39. The van der Waals surface area contributed by atoms with Gasteiger partial charge in [0, 0.05) is 18.7 Å². The van der Waals surface area contributed by atoms with Crippen LogP contribution < -0.4 is 0 Å². The molecule has 3 nitrogen and oxygen atoms in total. The molecule has 0 aliphatic carbocycles. The molecule has 1 amide bonds. The van der Waals surface area contributed by atoms with E-state index in [1.54, 1.807) is 0 Å². The Bertz CT molecular complexity index is 566. The predicted molar refractivity (Wildman–Crippen MR) is 62.7 cm³/mol. The second-order valence-electron chi connectivity index (χ2n) is 4.39. The lowest BCUT2D eigenvalue weighted by molar-refractivity contribution is -0.0957. The first-order valence-corrected chi connectivity index (χ1v) is 5.83. The fourth-order valence-electron chi connectivity index (χ4n) is 1.96. The highest BCUT2D eigenvalue weighted by atomic mass is 19.4. The van der Waals surface area contributed by atoms with Crippen molar-refractivity contribution in [1.29, 1.82) is 0 Å². The van der Waals surface area contributed by atoms with Crippen molar-refractivity contribution in [2.75, 3.05) is 13.1 Å². The Labute approximate surface area is 112 Å². The average Bonchev–Trinajstić information content (AvgIpc) is 2.40. The van der Waals surface area contributed by atoms with Gasteiger partial charge < -0.3 is 10.0 Å². The molecule has 20 heavy (non-hydrogen) atoms. The Hall–Kier alpha value is -2.05. The molecule has 1 aliphatic heterocycles. The molecule has 0 saturated heterocycles. The van der Waals surface area contributed by atoms with Crippen molar-refractivity contribution in [1.82, 2.24) is 4.90 Å². The van der Waals surface area contributed by atoms with Gasteiger partial charge in [0.05, 0.1) is 5.56 Å². The molecule has 1 aliphatic rings. The number of aromatic hydroxyl groups is 1. The van der Waals surface area contributed by atoms with Crippen molar-refractivity contribution in [3.8, 4) is 5.75 Å². The summed E-state index contributed by atoms with van der Waals surface area (Å²) in [5, 5.41) is 9.51. The molecule has 0 unspecified atom stereocenters. The number of benzene rings is 1.